The summed E-state index contributed by atoms with van der Waals surface area (Å²) in [4.78, 5) is 34.2. The van der Waals surface area contributed by atoms with Gasteiger partial charge in [0.1, 0.15) is 11.3 Å². The van der Waals surface area contributed by atoms with Crippen LogP contribution in [0.3, 0.4) is 0 Å². The summed E-state index contributed by atoms with van der Waals surface area (Å²) in [5, 5.41) is 22.7. The lowest BCUT2D eigenvalue weighted by molar-refractivity contribution is -0.139. The summed E-state index contributed by atoms with van der Waals surface area (Å²) >= 11 is 0. The van der Waals surface area contributed by atoms with E-state index in [1.54, 1.807) is 30.6 Å². The maximum atomic E-state index is 12.6. The van der Waals surface area contributed by atoms with E-state index in [1.165, 1.54) is 6.07 Å². The number of aliphatic hydroxyl groups is 1. The number of carbonyl (C=O) groups excluding carboxylic acids is 1. The van der Waals surface area contributed by atoms with Gasteiger partial charge < -0.3 is 25.2 Å². The lowest BCUT2D eigenvalue weighted by atomic mass is 9.92. The first-order valence-corrected chi connectivity index (χ1v) is 10.3. The highest BCUT2D eigenvalue weighted by molar-refractivity contribution is 5.94. The van der Waals surface area contributed by atoms with Gasteiger partial charge in [0.05, 0.1) is 16.8 Å². The first kappa shape index (κ1) is 21.5. The van der Waals surface area contributed by atoms with E-state index >= 15 is 0 Å². The standard InChI is InChI=1S/C23H24N4O5/c28-20(29)13-32-17-5-1-4-16(12-17)22(30)26-14-23(31)8-3-11-27(15-23)19-7-10-24-18-6-2-9-25-21(18)19/h1-2,4-7,9-10,12,31H,3,8,11,13-15H2,(H,26,30)(H,28,29)/t23-/m1/s1. The molecule has 3 N–H and O–H groups in total. The maximum Gasteiger partial charge on any atom is 0.341 e. The molecule has 0 aliphatic carbocycles. The van der Waals surface area contributed by atoms with E-state index in [0.29, 0.717) is 24.3 Å². The van der Waals surface area contributed by atoms with Crippen molar-refractivity contribution >= 4 is 28.6 Å². The molecule has 166 valence electrons. The number of aliphatic carboxylic acids is 1. The maximum absolute atomic E-state index is 12.6. The topological polar surface area (TPSA) is 125 Å². The molecule has 0 radical (unpaired) electrons. The summed E-state index contributed by atoms with van der Waals surface area (Å²) < 4.78 is 5.12. The van der Waals surface area contributed by atoms with Crippen LogP contribution in [0.25, 0.3) is 11.0 Å². The second-order valence-electron chi connectivity index (χ2n) is 7.84. The average Bonchev–Trinajstić information content (AvgIpc) is 2.81. The fraction of sp³-hybridized carbons (Fsp3) is 0.304. The van der Waals surface area contributed by atoms with E-state index in [1.807, 2.05) is 18.2 Å². The van der Waals surface area contributed by atoms with Crippen LogP contribution in [0, 0.1) is 0 Å². The molecular weight excluding hydrogens is 412 g/mol. The molecule has 3 heterocycles. The number of fused-ring (bicyclic) bond motifs is 1. The molecule has 0 bridgehead atoms. The number of β-amino-alcohol motifs (C(OH)–C–C–N with tert-alkyl or cyclic N) is 1. The Morgan fingerprint density at radius 3 is 2.88 bits per heavy atom. The Morgan fingerprint density at radius 2 is 2.03 bits per heavy atom. The van der Waals surface area contributed by atoms with Crippen molar-refractivity contribution < 1.29 is 24.5 Å². The lowest BCUT2D eigenvalue weighted by Crippen LogP contribution is -2.54. The molecule has 3 aromatic rings. The fourth-order valence-corrected chi connectivity index (χ4v) is 3.90. The van der Waals surface area contributed by atoms with E-state index in [-0.39, 0.29) is 12.5 Å². The number of amides is 1. The molecular formula is C23H24N4O5. The summed E-state index contributed by atoms with van der Waals surface area (Å²) in [6.45, 7) is 0.720. The second-order valence-corrected chi connectivity index (χ2v) is 7.84. The quantitative estimate of drug-likeness (QED) is 0.513. The van der Waals surface area contributed by atoms with Gasteiger partial charge in [0.15, 0.2) is 6.61 Å². The smallest absolute Gasteiger partial charge is 0.341 e. The van der Waals surface area contributed by atoms with Gasteiger partial charge in [0.2, 0.25) is 0 Å². The van der Waals surface area contributed by atoms with Crippen LogP contribution in [0.15, 0.2) is 54.9 Å². The van der Waals surface area contributed by atoms with E-state index in [0.717, 1.165) is 29.7 Å². The number of carboxylic acids is 1. The number of benzene rings is 1. The first-order chi connectivity index (χ1) is 15.4. The van der Waals surface area contributed by atoms with Crippen LogP contribution in [-0.4, -0.2) is 63.9 Å². The molecule has 0 saturated carbocycles. The summed E-state index contributed by atoms with van der Waals surface area (Å²) in [6, 6.07) is 11.9. The summed E-state index contributed by atoms with van der Waals surface area (Å²) in [5.41, 5.74) is 1.70. The van der Waals surface area contributed by atoms with Gasteiger partial charge in [0.25, 0.3) is 5.91 Å². The van der Waals surface area contributed by atoms with Crippen LogP contribution in [0.1, 0.15) is 23.2 Å². The van der Waals surface area contributed by atoms with Crippen molar-refractivity contribution in [2.75, 3.05) is 31.1 Å². The van der Waals surface area contributed by atoms with Gasteiger partial charge in [-0.2, -0.15) is 0 Å². The molecule has 1 aromatic carbocycles. The molecule has 9 nitrogen and oxygen atoms in total. The number of rotatable bonds is 7. The SMILES string of the molecule is O=C(O)COc1cccc(C(=O)NC[C@]2(O)CCCN(c3ccnc4cccnc34)C2)c1. The van der Waals surface area contributed by atoms with Crippen LogP contribution >= 0.6 is 0 Å². The Morgan fingerprint density at radius 1 is 1.16 bits per heavy atom. The molecule has 0 unspecified atom stereocenters. The van der Waals surface area contributed by atoms with E-state index < -0.39 is 18.2 Å². The Labute approximate surface area is 184 Å². The number of anilines is 1. The Bertz CT molecular complexity index is 1130. The third-order valence-corrected chi connectivity index (χ3v) is 5.41. The zero-order valence-electron chi connectivity index (χ0n) is 17.4. The Balaban J connectivity index is 1.42. The lowest BCUT2D eigenvalue weighted by Gasteiger charge is -2.40. The summed E-state index contributed by atoms with van der Waals surface area (Å²) in [6.07, 6.45) is 4.77. The summed E-state index contributed by atoms with van der Waals surface area (Å²) in [5.74, 6) is -1.17. The predicted octanol–water partition coefficient (Wildman–Crippen LogP) is 1.85. The number of nitrogens with zero attached hydrogens (tertiary/aromatic N) is 3. The van der Waals surface area contributed by atoms with Crippen LogP contribution < -0.4 is 15.0 Å². The van der Waals surface area contributed by atoms with Crippen molar-refractivity contribution in [2.24, 2.45) is 0 Å². The highest BCUT2D eigenvalue weighted by Crippen LogP contribution is 2.29. The van der Waals surface area contributed by atoms with Crippen LogP contribution in [0.2, 0.25) is 0 Å². The molecule has 2 aromatic heterocycles. The van der Waals surface area contributed by atoms with Crippen molar-refractivity contribution in [1.29, 1.82) is 0 Å². The Kier molecular flexibility index (Phi) is 6.18. The minimum atomic E-state index is -1.10. The van der Waals surface area contributed by atoms with Gasteiger partial charge in [-0.15, -0.1) is 0 Å². The molecule has 4 rings (SSSR count). The van der Waals surface area contributed by atoms with Crippen molar-refractivity contribution in [3.05, 3.63) is 60.4 Å². The number of carbonyl (C=O) groups is 2. The number of aromatic nitrogens is 2. The third-order valence-electron chi connectivity index (χ3n) is 5.41. The zero-order valence-corrected chi connectivity index (χ0v) is 17.4. The monoisotopic (exact) mass is 436 g/mol. The second kappa shape index (κ2) is 9.19. The van der Waals surface area contributed by atoms with E-state index in [2.05, 4.69) is 20.2 Å². The Hall–Kier alpha value is -3.72. The van der Waals surface area contributed by atoms with Gasteiger partial charge in [-0.25, -0.2) is 4.79 Å². The van der Waals surface area contributed by atoms with Gasteiger partial charge in [0, 0.05) is 37.6 Å². The number of nitrogens with one attached hydrogen (secondary N) is 1. The fourth-order valence-electron chi connectivity index (χ4n) is 3.90. The molecule has 9 heteroatoms. The van der Waals surface area contributed by atoms with Crippen molar-refractivity contribution in [2.45, 2.75) is 18.4 Å². The summed E-state index contributed by atoms with van der Waals surface area (Å²) in [7, 11) is 0. The molecule has 1 aliphatic rings. The number of piperidine rings is 1. The largest absolute Gasteiger partial charge is 0.482 e. The molecule has 1 saturated heterocycles. The highest BCUT2D eigenvalue weighted by Gasteiger charge is 2.34. The number of hydrogen-bond donors (Lipinski definition) is 3. The predicted molar refractivity (Wildman–Crippen MR) is 118 cm³/mol. The minimum absolute atomic E-state index is 0.0823. The third kappa shape index (κ3) is 4.94. The zero-order chi connectivity index (χ0) is 22.6. The van der Waals surface area contributed by atoms with Gasteiger partial charge in [-0.05, 0) is 49.2 Å². The molecule has 0 spiro atoms. The van der Waals surface area contributed by atoms with E-state index in [4.69, 9.17) is 9.84 Å². The van der Waals surface area contributed by atoms with E-state index in [9.17, 15) is 14.7 Å². The van der Waals surface area contributed by atoms with Crippen LogP contribution in [0.5, 0.6) is 5.75 Å². The van der Waals surface area contributed by atoms with Gasteiger partial charge >= 0.3 is 5.97 Å². The van der Waals surface area contributed by atoms with Crippen molar-refractivity contribution in [1.82, 2.24) is 15.3 Å². The van der Waals surface area contributed by atoms with Gasteiger partial charge in [-0.1, -0.05) is 6.07 Å². The number of pyridine rings is 2. The molecule has 32 heavy (non-hydrogen) atoms. The first-order valence-electron chi connectivity index (χ1n) is 10.3. The van der Waals surface area contributed by atoms with Crippen LogP contribution in [-0.2, 0) is 4.79 Å². The van der Waals surface area contributed by atoms with Gasteiger partial charge in [-0.3, -0.25) is 14.8 Å². The highest BCUT2D eigenvalue weighted by atomic mass is 16.5. The average molecular weight is 436 g/mol. The minimum Gasteiger partial charge on any atom is -0.482 e. The molecule has 1 aliphatic heterocycles. The normalized spacial score (nSPS) is 18.3. The number of hydrogen-bond acceptors (Lipinski definition) is 7. The molecule has 1 atom stereocenters. The van der Waals surface area contributed by atoms with Crippen molar-refractivity contribution in [3.8, 4) is 5.75 Å². The number of ether oxygens (including phenoxy) is 1. The van der Waals surface area contributed by atoms with Crippen LogP contribution in [0.4, 0.5) is 5.69 Å². The molecule has 1 amide bonds. The van der Waals surface area contributed by atoms with Crippen molar-refractivity contribution in [3.63, 3.8) is 0 Å². The number of carboxylic acid groups (broad SMARTS) is 1. The molecule has 1 fully saturated rings.